The van der Waals surface area contributed by atoms with Crippen molar-refractivity contribution < 1.29 is 4.39 Å². The van der Waals surface area contributed by atoms with Crippen molar-refractivity contribution in [1.82, 2.24) is 4.98 Å². The summed E-state index contributed by atoms with van der Waals surface area (Å²) in [7, 11) is 0. The van der Waals surface area contributed by atoms with Crippen LogP contribution in [-0.4, -0.2) is 10.9 Å². The smallest absolute Gasteiger partial charge is 0.214 e. The number of aryl methyl sites for hydroxylation is 1. The highest BCUT2D eigenvalue weighted by atomic mass is 35.5. The molecule has 0 saturated heterocycles. The van der Waals surface area contributed by atoms with Crippen molar-refractivity contribution in [2.75, 3.05) is 5.88 Å². The third-order valence-electron chi connectivity index (χ3n) is 1.51. The molecule has 0 radical (unpaired) electrons. The molecular weight excluding hydrogens is 189 g/mol. The zero-order valence-electron chi connectivity index (χ0n) is 7.27. The summed E-state index contributed by atoms with van der Waals surface area (Å²) in [4.78, 5) is 3.51. The highest BCUT2D eigenvalue weighted by molar-refractivity contribution is 6.18. The van der Waals surface area contributed by atoms with Crippen LogP contribution in [0.1, 0.15) is 17.5 Å². The van der Waals surface area contributed by atoms with Crippen LogP contribution in [0.15, 0.2) is 12.3 Å². The molecule has 1 nitrogen and oxygen atoms in total. The summed E-state index contributed by atoms with van der Waals surface area (Å²) in [5.74, 6) is 5.68. The highest BCUT2D eigenvalue weighted by Gasteiger charge is 1.96. The fourth-order valence-corrected chi connectivity index (χ4v) is 0.932. The number of halogens is 2. The molecule has 0 atom stereocenters. The average Bonchev–Trinajstić information content (AvgIpc) is 2.11. The van der Waals surface area contributed by atoms with Crippen molar-refractivity contribution in [3.63, 3.8) is 0 Å². The first-order valence-corrected chi connectivity index (χ1v) is 4.44. The van der Waals surface area contributed by atoms with Crippen LogP contribution in [0.5, 0.6) is 0 Å². The van der Waals surface area contributed by atoms with Crippen LogP contribution >= 0.6 is 11.6 Å². The van der Waals surface area contributed by atoms with Crippen molar-refractivity contribution in [2.45, 2.75) is 13.3 Å². The van der Waals surface area contributed by atoms with E-state index in [0.29, 0.717) is 17.9 Å². The van der Waals surface area contributed by atoms with Gasteiger partial charge in [0.2, 0.25) is 5.95 Å². The minimum Gasteiger partial charge on any atom is -0.228 e. The predicted molar refractivity (Wildman–Crippen MR) is 51.1 cm³/mol. The molecule has 1 heterocycles. The van der Waals surface area contributed by atoms with E-state index in [2.05, 4.69) is 16.8 Å². The predicted octanol–water partition coefficient (Wildman–Crippen LogP) is 2.51. The van der Waals surface area contributed by atoms with E-state index in [-0.39, 0.29) is 0 Å². The lowest BCUT2D eigenvalue weighted by atomic mass is 10.1. The third kappa shape index (κ3) is 3.04. The van der Waals surface area contributed by atoms with Crippen LogP contribution in [0.4, 0.5) is 4.39 Å². The van der Waals surface area contributed by atoms with Gasteiger partial charge in [0.05, 0.1) is 0 Å². The number of hydrogen-bond donors (Lipinski definition) is 0. The zero-order chi connectivity index (χ0) is 9.68. The molecule has 0 aromatic carbocycles. The van der Waals surface area contributed by atoms with Gasteiger partial charge in [-0.3, -0.25) is 0 Å². The number of rotatable bonds is 1. The molecule has 0 spiro atoms. The lowest BCUT2D eigenvalue weighted by Crippen LogP contribution is -1.88. The van der Waals surface area contributed by atoms with Crippen molar-refractivity contribution in [2.24, 2.45) is 0 Å². The monoisotopic (exact) mass is 197 g/mol. The van der Waals surface area contributed by atoms with Gasteiger partial charge in [0.15, 0.2) is 0 Å². The number of hydrogen-bond acceptors (Lipinski definition) is 1. The van der Waals surface area contributed by atoms with Gasteiger partial charge >= 0.3 is 0 Å². The maximum absolute atomic E-state index is 12.7. The van der Waals surface area contributed by atoms with Crippen LogP contribution in [-0.2, 0) is 0 Å². The van der Waals surface area contributed by atoms with E-state index in [4.69, 9.17) is 11.6 Å². The lowest BCUT2D eigenvalue weighted by molar-refractivity contribution is 0.582. The van der Waals surface area contributed by atoms with Gasteiger partial charge in [-0.05, 0) is 12.5 Å². The second-order valence-corrected chi connectivity index (χ2v) is 2.94. The van der Waals surface area contributed by atoms with Gasteiger partial charge in [-0.25, -0.2) is 4.98 Å². The summed E-state index contributed by atoms with van der Waals surface area (Å²) in [5.41, 5.74) is 1.56. The van der Waals surface area contributed by atoms with E-state index in [1.54, 1.807) is 0 Å². The molecule has 1 aromatic heterocycles. The molecule has 3 heteroatoms. The fourth-order valence-electron chi connectivity index (χ4n) is 0.838. The Morgan fingerprint density at radius 3 is 3.08 bits per heavy atom. The van der Waals surface area contributed by atoms with Gasteiger partial charge in [-0.2, -0.15) is 4.39 Å². The highest BCUT2D eigenvalue weighted by Crippen LogP contribution is 2.05. The number of nitrogens with zero attached hydrogens (tertiary/aromatic N) is 1. The van der Waals surface area contributed by atoms with Gasteiger partial charge in [0, 0.05) is 30.1 Å². The Morgan fingerprint density at radius 2 is 2.38 bits per heavy atom. The first-order valence-electron chi connectivity index (χ1n) is 3.91. The molecule has 1 rings (SSSR count). The van der Waals surface area contributed by atoms with Crippen LogP contribution in [0.3, 0.4) is 0 Å². The van der Waals surface area contributed by atoms with E-state index in [1.807, 2.05) is 6.92 Å². The Bertz CT molecular complexity index is 352. The van der Waals surface area contributed by atoms with E-state index in [1.165, 1.54) is 12.3 Å². The summed E-state index contributed by atoms with van der Waals surface area (Å²) < 4.78 is 12.7. The Kier molecular flexibility index (Phi) is 3.72. The molecule has 0 amide bonds. The summed E-state index contributed by atoms with van der Waals surface area (Å²) in [6, 6.07) is 1.33. The maximum atomic E-state index is 12.7. The summed E-state index contributed by atoms with van der Waals surface area (Å²) in [6.07, 6.45) is 2.09. The van der Waals surface area contributed by atoms with Gasteiger partial charge in [0.1, 0.15) is 0 Å². The zero-order valence-corrected chi connectivity index (χ0v) is 8.03. The van der Waals surface area contributed by atoms with Crippen molar-refractivity contribution >= 4 is 11.6 Å². The molecule has 1 aromatic rings. The molecule has 0 unspecified atom stereocenters. The molecule has 0 N–H and O–H groups in total. The second kappa shape index (κ2) is 4.84. The third-order valence-corrected chi connectivity index (χ3v) is 1.70. The molecule has 0 saturated carbocycles. The van der Waals surface area contributed by atoms with Crippen LogP contribution in [0.25, 0.3) is 0 Å². The largest absolute Gasteiger partial charge is 0.228 e. The minimum absolute atomic E-state index is 0.499. The topological polar surface area (TPSA) is 12.9 Å². The van der Waals surface area contributed by atoms with E-state index < -0.39 is 5.95 Å². The van der Waals surface area contributed by atoms with Gasteiger partial charge in [-0.15, -0.1) is 11.6 Å². The van der Waals surface area contributed by atoms with Crippen LogP contribution in [0.2, 0.25) is 0 Å². The van der Waals surface area contributed by atoms with E-state index >= 15 is 0 Å². The molecule has 0 aliphatic heterocycles. The summed E-state index contributed by atoms with van der Waals surface area (Å²) in [6.45, 7) is 1.84. The van der Waals surface area contributed by atoms with Gasteiger partial charge in [-0.1, -0.05) is 11.8 Å². The number of pyridine rings is 1. The quantitative estimate of drug-likeness (QED) is 0.383. The van der Waals surface area contributed by atoms with Crippen LogP contribution < -0.4 is 0 Å². The molecule has 0 bridgehead atoms. The number of aromatic nitrogens is 1. The first kappa shape index (κ1) is 10.0. The van der Waals surface area contributed by atoms with Gasteiger partial charge < -0.3 is 0 Å². The standard InChI is InChI=1S/C10H9ClFN/c1-8-7-13-10(12)6-9(8)4-2-3-5-11/h6-7H,3,5H2,1H3. The SMILES string of the molecule is Cc1cnc(F)cc1C#CCCCl. The lowest BCUT2D eigenvalue weighted by Gasteiger charge is -1.95. The van der Waals surface area contributed by atoms with E-state index in [9.17, 15) is 4.39 Å². The molecular formula is C10H9ClFN. The van der Waals surface area contributed by atoms with Crippen molar-refractivity contribution in [3.8, 4) is 11.8 Å². The molecule has 0 aliphatic rings. The van der Waals surface area contributed by atoms with Crippen molar-refractivity contribution in [3.05, 3.63) is 29.3 Å². The molecule has 0 aliphatic carbocycles. The second-order valence-electron chi connectivity index (χ2n) is 2.56. The Morgan fingerprint density at radius 1 is 1.62 bits per heavy atom. The Labute approximate surface area is 81.9 Å². The molecule has 13 heavy (non-hydrogen) atoms. The van der Waals surface area contributed by atoms with Gasteiger partial charge in [0.25, 0.3) is 0 Å². The number of alkyl halides is 1. The normalized spacial score (nSPS) is 9.15. The van der Waals surface area contributed by atoms with E-state index in [0.717, 1.165) is 5.56 Å². The Balaban J connectivity index is 2.89. The van der Waals surface area contributed by atoms with Crippen LogP contribution in [0, 0.1) is 24.7 Å². The minimum atomic E-state index is -0.499. The first-order chi connectivity index (χ1) is 6.24. The molecule has 68 valence electrons. The Hall–Kier alpha value is -1.07. The summed E-state index contributed by atoms with van der Waals surface area (Å²) in [5, 5.41) is 0. The summed E-state index contributed by atoms with van der Waals surface area (Å²) >= 11 is 5.45. The molecule has 0 fully saturated rings. The average molecular weight is 198 g/mol. The maximum Gasteiger partial charge on any atom is 0.214 e. The fraction of sp³-hybridized carbons (Fsp3) is 0.300. The van der Waals surface area contributed by atoms with Crippen molar-refractivity contribution in [1.29, 1.82) is 0 Å².